The van der Waals surface area contributed by atoms with Crippen LogP contribution in [0.1, 0.15) is 6.92 Å². The topological polar surface area (TPSA) is 63.7 Å². The highest BCUT2D eigenvalue weighted by Crippen LogP contribution is 2.77. The highest BCUT2D eigenvalue weighted by molar-refractivity contribution is 6.66. The Morgan fingerprint density at radius 3 is 1.68 bits per heavy atom. The van der Waals surface area contributed by atoms with Crippen LogP contribution in [-0.4, -0.2) is 36.9 Å². The van der Waals surface area contributed by atoms with Crippen molar-refractivity contribution in [2.75, 3.05) is 0 Å². The molecule has 11 heteroatoms. The van der Waals surface area contributed by atoms with Crippen molar-refractivity contribution in [1.82, 2.24) is 5.06 Å². The maximum Gasteiger partial charge on any atom is 0.330 e. The van der Waals surface area contributed by atoms with Crippen molar-refractivity contribution < 1.29 is 19.2 Å². The third-order valence-electron chi connectivity index (χ3n) is 4.09. The zero-order chi connectivity index (χ0) is 16.8. The number of nitrogens with zero attached hydrogens (tertiary/aromatic N) is 1. The lowest BCUT2D eigenvalue weighted by Gasteiger charge is -2.34. The van der Waals surface area contributed by atoms with Gasteiger partial charge in [-0.3, -0.25) is 9.59 Å². The first-order valence-corrected chi connectivity index (χ1v) is 8.09. The summed E-state index contributed by atoms with van der Waals surface area (Å²) < 4.78 is -2.00. The van der Waals surface area contributed by atoms with Gasteiger partial charge in [-0.2, -0.15) is 0 Å². The van der Waals surface area contributed by atoms with Crippen molar-refractivity contribution in [3.8, 4) is 0 Å². The summed E-state index contributed by atoms with van der Waals surface area (Å²) in [4.78, 5) is 36.8. The fraction of sp³-hybridized carbons (Fsp3) is 0.545. The van der Waals surface area contributed by atoms with Gasteiger partial charge in [0.05, 0.1) is 21.9 Å². The molecule has 0 N–H and O–H groups in total. The smallest absolute Gasteiger partial charge is 0.330 e. The van der Waals surface area contributed by atoms with E-state index in [1.165, 1.54) is 0 Å². The predicted octanol–water partition coefficient (Wildman–Crippen LogP) is 2.91. The van der Waals surface area contributed by atoms with Gasteiger partial charge in [0.2, 0.25) is 0 Å². The van der Waals surface area contributed by atoms with E-state index in [1.807, 2.05) is 0 Å². The Balaban J connectivity index is 2.21. The number of imide groups is 1. The van der Waals surface area contributed by atoms with Crippen molar-refractivity contribution in [3.05, 3.63) is 10.1 Å². The van der Waals surface area contributed by atoms with Gasteiger partial charge in [0.25, 0.3) is 11.8 Å². The van der Waals surface area contributed by atoms with Crippen LogP contribution >= 0.6 is 69.6 Å². The Labute approximate surface area is 154 Å². The second-order valence-corrected chi connectivity index (χ2v) is 8.41. The molecule has 5 nitrogen and oxygen atoms in total. The summed E-state index contributed by atoms with van der Waals surface area (Å²) in [5.74, 6) is -5.28. The van der Waals surface area contributed by atoms with Gasteiger partial charge in [0.15, 0.2) is 4.33 Å². The zero-order valence-electron chi connectivity index (χ0n) is 10.5. The summed E-state index contributed by atoms with van der Waals surface area (Å²) >= 11 is 37.5. The highest BCUT2D eigenvalue weighted by atomic mass is 35.5. The lowest BCUT2D eigenvalue weighted by Crippen LogP contribution is -2.50. The fourth-order valence-corrected chi connectivity index (χ4v) is 6.12. The number of halogens is 6. The van der Waals surface area contributed by atoms with Crippen LogP contribution in [0.4, 0.5) is 0 Å². The molecule has 0 unspecified atom stereocenters. The molecular formula is C11H5Cl6NO4. The Kier molecular flexibility index (Phi) is 3.53. The van der Waals surface area contributed by atoms with Crippen LogP contribution in [0, 0.1) is 11.8 Å². The maximum atomic E-state index is 12.5. The van der Waals surface area contributed by atoms with Crippen molar-refractivity contribution in [1.29, 1.82) is 0 Å². The highest BCUT2D eigenvalue weighted by Gasteiger charge is 2.88. The first-order chi connectivity index (χ1) is 9.94. The van der Waals surface area contributed by atoms with Gasteiger partial charge >= 0.3 is 5.97 Å². The summed E-state index contributed by atoms with van der Waals surface area (Å²) in [6.45, 7) is 1.03. The van der Waals surface area contributed by atoms with E-state index in [-0.39, 0.29) is 10.1 Å². The van der Waals surface area contributed by atoms with E-state index in [9.17, 15) is 14.4 Å². The molecule has 22 heavy (non-hydrogen) atoms. The first-order valence-electron chi connectivity index (χ1n) is 5.82. The summed E-state index contributed by atoms with van der Waals surface area (Å²) in [7, 11) is 0. The molecule has 1 aliphatic heterocycles. The Bertz CT molecular complexity index is 631. The van der Waals surface area contributed by atoms with E-state index in [1.54, 1.807) is 0 Å². The molecule has 2 bridgehead atoms. The standard InChI is InChI=1S/C11H5Cl6NO4/c1-2(19)22-18-7(20)3-4(8(18)21)10(15)6(13)5(12)9(3,14)11(10,16)17/h3-4H,1H3/t3-,4+,9-,10-/m1/s1. The van der Waals surface area contributed by atoms with Crippen LogP contribution < -0.4 is 0 Å². The quantitative estimate of drug-likeness (QED) is 0.477. The first kappa shape index (κ1) is 16.9. The third kappa shape index (κ3) is 1.49. The molecule has 2 aliphatic carbocycles. The maximum absolute atomic E-state index is 12.5. The number of carbonyl (C=O) groups is 3. The van der Waals surface area contributed by atoms with Gasteiger partial charge in [-0.1, -0.05) is 46.4 Å². The minimum absolute atomic E-state index is 0.206. The summed E-state index contributed by atoms with van der Waals surface area (Å²) in [5, 5.41) is -0.111. The molecule has 2 amide bonds. The summed E-state index contributed by atoms with van der Waals surface area (Å²) in [6.07, 6.45) is 0. The Hall–Kier alpha value is 0.0900. The van der Waals surface area contributed by atoms with E-state index in [0.717, 1.165) is 6.92 Å². The van der Waals surface area contributed by atoms with E-state index in [2.05, 4.69) is 4.84 Å². The molecule has 0 radical (unpaired) electrons. The number of fused-ring (bicyclic) bond motifs is 5. The lowest BCUT2D eigenvalue weighted by molar-refractivity contribution is -0.197. The van der Waals surface area contributed by atoms with Crippen LogP contribution in [0.3, 0.4) is 0 Å². The zero-order valence-corrected chi connectivity index (χ0v) is 15.0. The molecule has 0 aromatic rings. The van der Waals surface area contributed by atoms with Gasteiger partial charge < -0.3 is 4.84 Å². The molecular weight excluding hydrogens is 423 g/mol. The molecule has 120 valence electrons. The van der Waals surface area contributed by atoms with E-state index in [4.69, 9.17) is 69.6 Å². The molecule has 3 rings (SSSR count). The van der Waals surface area contributed by atoms with Crippen LogP contribution in [0.5, 0.6) is 0 Å². The summed E-state index contributed by atoms with van der Waals surface area (Å²) in [6, 6.07) is 0. The number of carbonyl (C=O) groups excluding carboxylic acids is 3. The van der Waals surface area contributed by atoms with Crippen LogP contribution in [0.15, 0.2) is 10.1 Å². The number of amides is 2. The van der Waals surface area contributed by atoms with Crippen LogP contribution in [0.2, 0.25) is 0 Å². The number of hydrogen-bond acceptors (Lipinski definition) is 4. The van der Waals surface area contributed by atoms with E-state index >= 15 is 0 Å². The normalized spacial score (nSPS) is 42.2. The molecule has 1 saturated heterocycles. The predicted molar refractivity (Wildman–Crippen MR) is 80.9 cm³/mol. The average Bonchev–Trinajstić information content (AvgIpc) is 2.78. The second kappa shape index (κ2) is 4.58. The van der Waals surface area contributed by atoms with E-state index in [0.29, 0.717) is 5.06 Å². The molecule has 2 fully saturated rings. The molecule has 1 saturated carbocycles. The Morgan fingerprint density at radius 2 is 1.36 bits per heavy atom. The van der Waals surface area contributed by atoms with Crippen molar-refractivity contribution in [2.24, 2.45) is 11.8 Å². The van der Waals surface area contributed by atoms with Crippen molar-refractivity contribution >= 4 is 87.4 Å². The molecule has 0 aromatic carbocycles. The largest absolute Gasteiger partial charge is 0.331 e. The van der Waals surface area contributed by atoms with Gasteiger partial charge in [-0.05, 0) is 0 Å². The van der Waals surface area contributed by atoms with Gasteiger partial charge in [0, 0.05) is 6.92 Å². The molecule has 0 aromatic heterocycles. The van der Waals surface area contributed by atoms with Gasteiger partial charge in [-0.15, -0.1) is 28.3 Å². The average molecular weight is 428 g/mol. The molecule has 1 heterocycles. The lowest BCUT2D eigenvalue weighted by atomic mass is 9.84. The van der Waals surface area contributed by atoms with E-state index < -0.39 is 43.7 Å². The van der Waals surface area contributed by atoms with Gasteiger partial charge in [-0.25, -0.2) is 4.79 Å². The van der Waals surface area contributed by atoms with Gasteiger partial charge in [0.1, 0.15) is 9.75 Å². The van der Waals surface area contributed by atoms with Crippen molar-refractivity contribution in [2.45, 2.75) is 21.0 Å². The minimum atomic E-state index is -2.00. The number of rotatable bonds is 1. The fourth-order valence-electron chi connectivity index (χ4n) is 3.19. The monoisotopic (exact) mass is 425 g/mol. The number of allylic oxidation sites excluding steroid dienone is 2. The number of alkyl halides is 4. The van der Waals surface area contributed by atoms with Crippen molar-refractivity contribution in [3.63, 3.8) is 0 Å². The second-order valence-electron chi connectivity index (χ2n) is 5.13. The number of hydroxylamine groups is 2. The third-order valence-corrected chi connectivity index (χ3v) is 8.35. The molecule has 3 aliphatic rings. The SMILES string of the molecule is CC(=O)ON1C(=O)[C@@H]2[C@H](C1=O)[C@@]1(Cl)C(Cl)=C(Cl)[C@@]2(Cl)C1(Cl)Cl. The summed E-state index contributed by atoms with van der Waals surface area (Å²) in [5.41, 5.74) is 0. The Morgan fingerprint density at radius 1 is 1.00 bits per heavy atom. The minimum Gasteiger partial charge on any atom is -0.331 e. The van der Waals surface area contributed by atoms with Crippen LogP contribution in [-0.2, 0) is 19.2 Å². The number of hydrogen-bond donors (Lipinski definition) is 0. The molecule has 0 spiro atoms. The molecule has 4 atom stereocenters. The van der Waals surface area contributed by atoms with Crippen LogP contribution in [0.25, 0.3) is 0 Å².